The van der Waals surface area contributed by atoms with Gasteiger partial charge in [0.25, 0.3) is 0 Å². The molecule has 1 fully saturated rings. The summed E-state index contributed by atoms with van der Waals surface area (Å²) in [5, 5.41) is 20.0. The highest BCUT2D eigenvalue weighted by Crippen LogP contribution is 2.35. The first-order valence-electron chi connectivity index (χ1n) is 10.8. The molecule has 5 rings (SSSR count). The molecule has 2 heterocycles. The number of aliphatic carboxylic acids is 1. The third-order valence-corrected chi connectivity index (χ3v) is 6.26. The van der Waals surface area contributed by atoms with Crippen molar-refractivity contribution < 1.29 is 19.4 Å². The Bertz CT molecular complexity index is 1300. The number of carboxylic acid groups (broad SMARTS) is 1. The summed E-state index contributed by atoms with van der Waals surface area (Å²) in [5.74, 6) is -0.233. The van der Waals surface area contributed by atoms with E-state index in [9.17, 15) is 15.0 Å². The third kappa shape index (κ3) is 3.63. The van der Waals surface area contributed by atoms with E-state index in [-0.39, 0.29) is 5.75 Å². The molecule has 1 aromatic heterocycles. The highest BCUT2D eigenvalue weighted by Gasteiger charge is 2.31. The van der Waals surface area contributed by atoms with Crippen LogP contribution in [-0.4, -0.2) is 38.7 Å². The zero-order chi connectivity index (χ0) is 22.2. The van der Waals surface area contributed by atoms with Gasteiger partial charge in [-0.25, -0.2) is 4.98 Å². The van der Waals surface area contributed by atoms with Crippen molar-refractivity contribution in [2.24, 2.45) is 0 Å². The lowest BCUT2D eigenvalue weighted by molar-refractivity contribution is -0.142. The Morgan fingerprint density at radius 3 is 2.69 bits per heavy atom. The minimum atomic E-state index is -0.819. The number of benzene rings is 3. The Balaban J connectivity index is 1.50. The molecule has 1 aliphatic heterocycles. The Morgan fingerprint density at radius 1 is 1.12 bits per heavy atom. The average Bonchev–Trinajstić information content (AvgIpc) is 3.41. The molecule has 0 aliphatic carbocycles. The first-order chi connectivity index (χ1) is 15.5. The molecule has 32 heavy (non-hydrogen) atoms. The number of fused-ring (bicyclic) bond motifs is 1. The van der Waals surface area contributed by atoms with Crippen LogP contribution in [0.25, 0.3) is 33.7 Å². The van der Waals surface area contributed by atoms with Gasteiger partial charge in [-0.1, -0.05) is 42.5 Å². The number of phenolic OH excluding ortho intramolecular Hbond substituents is 1. The standard InChI is InChI=1S/C26H24N2O4/c1-16-19(17-7-3-2-4-8-17)9-5-10-20(16)25-27-21-13-18(23(29)14-24(21)32-25)15-28-12-6-11-22(28)26(30)31/h2-5,7-10,13-14,22,29H,6,11-12,15H2,1H3,(H,30,31)/t22-/m0/s1. The van der Waals surface area contributed by atoms with E-state index in [1.807, 2.05) is 35.2 Å². The van der Waals surface area contributed by atoms with Crippen LogP contribution in [0.1, 0.15) is 24.0 Å². The molecule has 0 unspecified atom stereocenters. The van der Waals surface area contributed by atoms with Gasteiger partial charge in [-0.05, 0) is 55.1 Å². The van der Waals surface area contributed by atoms with E-state index in [1.54, 1.807) is 12.1 Å². The van der Waals surface area contributed by atoms with Crippen LogP contribution in [0.2, 0.25) is 0 Å². The van der Waals surface area contributed by atoms with Crippen molar-refractivity contribution in [3.05, 3.63) is 71.8 Å². The second-order valence-corrected chi connectivity index (χ2v) is 8.28. The van der Waals surface area contributed by atoms with Gasteiger partial charge in [0.05, 0.1) is 0 Å². The molecule has 6 heteroatoms. The van der Waals surface area contributed by atoms with Crippen LogP contribution in [0.3, 0.4) is 0 Å². The van der Waals surface area contributed by atoms with Crippen molar-refractivity contribution in [3.63, 3.8) is 0 Å². The molecular weight excluding hydrogens is 404 g/mol. The van der Waals surface area contributed by atoms with Crippen molar-refractivity contribution in [1.82, 2.24) is 9.88 Å². The van der Waals surface area contributed by atoms with E-state index in [4.69, 9.17) is 9.40 Å². The molecule has 0 bridgehead atoms. The van der Waals surface area contributed by atoms with E-state index in [0.29, 0.717) is 42.1 Å². The zero-order valence-corrected chi connectivity index (χ0v) is 17.8. The quantitative estimate of drug-likeness (QED) is 0.453. The fraction of sp³-hybridized carbons (Fsp3) is 0.231. The average molecular weight is 428 g/mol. The van der Waals surface area contributed by atoms with Crippen LogP contribution in [0.4, 0.5) is 0 Å². The van der Waals surface area contributed by atoms with Crippen LogP contribution in [-0.2, 0) is 11.3 Å². The lowest BCUT2D eigenvalue weighted by Gasteiger charge is -2.21. The molecule has 0 saturated carbocycles. The maximum Gasteiger partial charge on any atom is 0.320 e. The molecule has 6 nitrogen and oxygen atoms in total. The van der Waals surface area contributed by atoms with Gasteiger partial charge in [-0.3, -0.25) is 9.69 Å². The van der Waals surface area contributed by atoms with Crippen LogP contribution in [0, 0.1) is 6.92 Å². The number of hydrogen-bond acceptors (Lipinski definition) is 5. The van der Waals surface area contributed by atoms with Crippen LogP contribution >= 0.6 is 0 Å². The predicted molar refractivity (Wildman–Crippen MR) is 122 cm³/mol. The minimum Gasteiger partial charge on any atom is -0.507 e. The Kier molecular flexibility index (Phi) is 5.15. The number of carboxylic acids is 1. The molecule has 1 saturated heterocycles. The molecule has 1 aliphatic rings. The summed E-state index contributed by atoms with van der Waals surface area (Å²) >= 11 is 0. The lowest BCUT2D eigenvalue weighted by atomic mass is 9.96. The highest BCUT2D eigenvalue weighted by atomic mass is 16.4. The SMILES string of the molecule is Cc1c(-c2ccccc2)cccc1-c1nc2cc(CN3CCC[C@H]3C(=O)O)c(O)cc2o1. The molecule has 0 amide bonds. The molecule has 1 atom stereocenters. The minimum absolute atomic E-state index is 0.0889. The Hall–Kier alpha value is -3.64. The Labute approximate surface area is 185 Å². The van der Waals surface area contributed by atoms with Gasteiger partial charge in [0, 0.05) is 23.7 Å². The van der Waals surface area contributed by atoms with Crippen LogP contribution in [0.5, 0.6) is 5.75 Å². The van der Waals surface area contributed by atoms with Crippen molar-refractivity contribution in [1.29, 1.82) is 0 Å². The van der Waals surface area contributed by atoms with E-state index in [2.05, 4.69) is 25.1 Å². The summed E-state index contributed by atoms with van der Waals surface area (Å²) in [4.78, 5) is 18.1. The van der Waals surface area contributed by atoms with Crippen molar-refractivity contribution in [3.8, 4) is 28.3 Å². The molecule has 4 aromatic rings. The van der Waals surface area contributed by atoms with Crippen molar-refractivity contribution >= 4 is 17.1 Å². The largest absolute Gasteiger partial charge is 0.507 e. The van der Waals surface area contributed by atoms with Gasteiger partial charge in [-0.15, -0.1) is 0 Å². The number of likely N-dealkylation sites (tertiary alicyclic amines) is 1. The van der Waals surface area contributed by atoms with Crippen molar-refractivity contribution in [2.75, 3.05) is 6.54 Å². The van der Waals surface area contributed by atoms with Gasteiger partial charge >= 0.3 is 5.97 Å². The summed E-state index contributed by atoms with van der Waals surface area (Å²) in [5.41, 5.74) is 6.00. The van der Waals surface area contributed by atoms with E-state index in [0.717, 1.165) is 28.7 Å². The first kappa shape index (κ1) is 20.3. The second kappa shape index (κ2) is 8.13. The topological polar surface area (TPSA) is 86.8 Å². The van der Waals surface area contributed by atoms with Gasteiger partial charge in [0.15, 0.2) is 5.58 Å². The zero-order valence-electron chi connectivity index (χ0n) is 17.8. The monoisotopic (exact) mass is 428 g/mol. The number of phenols is 1. The molecule has 162 valence electrons. The van der Waals surface area contributed by atoms with Gasteiger partial charge < -0.3 is 14.6 Å². The highest BCUT2D eigenvalue weighted by molar-refractivity contribution is 5.82. The molecule has 3 aromatic carbocycles. The normalized spacial score (nSPS) is 16.6. The summed E-state index contributed by atoms with van der Waals surface area (Å²) in [6.45, 7) is 3.11. The van der Waals surface area contributed by atoms with Crippen LogP contribution in [0.15, 0.2) is 65.1 Å². The fourth-order valence-corrected chi connectivity index (χ4v) is 4.56. The van der Waals surface area contributed by atoms with E-state index < -0.39 is 12.0 Å². The summed E-state index contributed by atoms with van der Waals surface area (Å²) in [6, 6.07) is 19.1. The lowest BCUT2D eigenvalue weighted by Crippen LogP contribution is -2.35. The number of rotatable bonds is 5. The van der Waals surface area contributed by atoms with Gasteiger partial charge in [-0.2, -0.15) is 0 Å². The smallest absolute Gasteiger partial charge is 0.320 e. The molecule has 2 N–H and O–H groups in total. The number of oxazole rings is 1. The number of aromatic nitrogens is 1. The van der Waals surface area contributed by atoms with Crippen molar-refractivity contribution in [2.45, 2.75) is 32.4 Å². The van der Waals surface area contributed by atoms with E-state index in [1.165, 1.54) is 0 Å². The predicted octanol–water partition coefficient (Wildman–Crippen LogP) is 5.22. The summed E-state index contributed by atoms with van der Waals surface area (Å²) in [6.07, 6.45) is 1.47. The van der Waals surface area contributed by atoms with Gasteiger partial charge in [0.2, 0.25) is 5.89 Å². The maximum absolute atomic E-state index is 11.5. The second-order valence-electron chi connectivity index (χ2n) is 8.28. The Morgan fingerprint density at radius 2 is 1.91 bits per heavy atom. The number of hydrogen-bond donors (Lipinski definition) is 2. The third-order valence-electron chi connectivity index (χ3n) is 6.26. The van der Waals surface area contributed by atoms with Crippen LogP contribution < -0.4 is 0 Å². The molecular formula is C26H24N2O4. The number of nitrogens with zero attached hydrogens (tertiary/aromatic N) is 2. The first-order valence-corrected chi connectivity index (χ1v) is 10.8. The molecule has 0 spiro atoms. The number of aromatic hydroxyl groups is 1. The van der Waals surface area contributed by atoms with Gasteiger partial charge in [0.1, 0.15) is 17.3 Å². The molecule has 0 radical (unpaired) electrons. The van der Waals surface area contributed by atoms with E-state index >= 15 is 0 Å². The fourth-order valence-electron chi connectivity index (χ4n) is 4.56. The maximum atomic E-state index is 11.5. The summed E-state index contributed by atoms with van der Waals surface area (Å²) < 4.78 is 6.01. The summed E-state index contributed by atoms with van der Waals surface area (Å²) in [7, 11) is 0. The number of carbonyl (C=O) groups is 1.